The second-order valence-corrected chi connectivity index (χ2v) is 6.34. The molecule has 5 nitrogen and oxygen atoms in total. The summed E-state index contributed by atoms with van der Waals surface area (Å²) in [4.78, 5) is 14.2. The van der Waals surface area contributed by atoms with Crippen molar-refractivity contribution in [2.24, 2.45) is 5.92 Å². The molecular formula is C14H23N3O2. The van der Waals surface area contributed by atoms with Crippen LogP contribution in [0.5, 0.6) is 0 Å². The minimum atomic E-state index is -0.124. The van der Waals surface area contributed by atoms with Crippen LogP contribution >= 0.6 is 0 Å². The summed E-state index contributed by atoms with van der Waals surface area (Å²) in [5.74, 6) is 0.191. The van der Waals surface area contributed by atoms with Crippen molar-refractivity contribution in [3.05, 3.63) is 17.5 Å². The molecule has 0 aromatic carbocycles. The molecule has 5 heteroatoms. The Labute approximate surface area is 114 Å². The van der Waals surface area contributed by atoms with Crippen molar-refractivity contribution in [1.82, 2.24) is 14.7 Å². The van der Waals surface area contributed by atoms with Crippen LogP contribution in [0.1, 0.15) is 43.4 Å². The summed E-state index contributed by atoms with van der Waals surface area (Å²) < 4.78 is 1.89. The van der Waals surface area contributed by atoms with E-state index in [1.165, 1.54) is 0 Å². The first-order valence-electron chi connectivity index (χ1n) is 6.80. The zero-order chi connectivity index (χ0) is 14.2. The van der Waals surface area contributed by atoms with Gasteiger partial charge in [0.05, 0.1) is 5.54 Å². The van der Waals surface area contributed by atoms with Crippen LogP contribution in [0.2, 0.25) is 0 Å². The number of carbonyl (C=O) groups excluding carboxylic acids is 1. The third kappa shape index (κ3) is 2.81. The van der Waals surface area contributed by atoms with Crippen LogP contribution in [0.15, 0.2) is 6.07 Å². The van der Waals surface area contributed by atoms with E-state index in [1.54, 1.807) is 4.90 Å². The van der Waals surface area contributed by atoms with Gasteiger partial charge in [-0.25, -0.2) is 0 Å². The van der Waals surface area contributed by atoms with Gasteiger partial charge in [-0.2, -0.15) is 5.10 Å². The minimum absolute atomic E-state index is 0.0259. The molecule has 1 aromatic rings. The van der Waals surface area contributed by atoms with Gasteiger partial charge in [-0.3, -0.25) is 9.48 Å². The number of aliphatic hydroxyl groups excluding tert-OH is 1. The molecule has 1 amide bonds. The Morgan fingerprint density at radius 3 is 2.68 bits per heavy atom. The van der Waals surface area contributed by atoms with Gasteiger partial charge in [0.15, 0.2) is 5.69 Å². The van der Waals surface area contributed by atoms with Gasteiger partial charge in [0.2, 0.25) is 0 Å². The molecule has 2 rings (SSSR count). The molecule has 1 atom stereocenters. The van der Waals surface area contributed by atoms with Crippen molar-refractivity contribution < 1.29 is 9.90 Å². The number of hydrogen-bond acceptors (Lipinski definition) is 3. The van der Waals surface area contributed by atoms with Crippen LogP contribution in [-0.4, -0.2) is 45.4 Å². The van der Waals surface area contributed by atoms with Crippen LogP contribution in [-0.2, 0) is 5.54 Å². The maximum absolute atomic E-state index is 12.4. The van der Waals surface area contributed by atoms with Crippen LogP contribution in [0, 0.1) is 12.8 Å². The van der Waals surface area contributed by atoms with Gasteiger partial charge in [0.1, 0.15) is 0 Å². The van der Waals surface area contributed by atoms with E-state index in [0.29, 0.717) is 18.8 Å². The van der Waals surface area contributed by atoms with Gasteiger partial charge in [-0.1, -0.05) is 0 Å². The molecule has 0 saturated carbocycles. The third-order valence-electron chi connectivity index (χ3n) is 3.57. The second-order valence-electron chi connectivity index (χ2n) is 6.34. The first-order valence-corrected chi connectivity index (χ1v) is 6.80. The van der Waals surface area contributed by atoms with Crippen LogP contribution in [0.3, 0.4) is 0 Å². The predicted octanol–water partition coefficient (Wildman–Crippen LogP) is 1.40. The van der Waals surface area contributed by atoms with Crippen molar-refractivity contribution in [2.75, 3.05) is 19.7 Å². The number of likely N-dealkylation sites (tertiary alicyclic amines) is 1. The molecule has 1 aliphatic heterocycles. The molecular weight excluding hydrogens is 242 g/mol. The molecule has 1 aromatic heterocycles. The molecule has 0 radical (unpaired) electrons. The molecule has 0 spiro atoms. The molecule has 2 heterocycles. The topological polar surface area (TPSA) is 58.4 Å². The summed E-state index contributed by atoms with van der Waals surface area (Å²) in [6, 6.07) is 1.85. The summed E-state index contributed by atoms with van der Waals surface area (Å²) in [6.45, 7) is 9.67. The lowest BCUT2D eigenvalue weighted by Crippen LogP contribution is -2.30. The number of amides is 1. The maximum atomic E-state index is 12.4. The van der Waals surface area contributed by atoms with Crippen LogP contribution in [0.25, 0.3) is 0 Å². The summed E-state index contributed by atoms with van der Waals surface area (Å²) >= 11 is 0. The van der Waals surface area contributed by atoms with Gasteiger partial charge < -0.3 is 10.0 Å². The molecule has 1 aliphatic rings. The second kappa shape index (κ2) is 4.96. The van der Waals surface area contributed by atoms with E-state index in [4.69, 9.17) is 5.11 Å². The van der Waals surface area contributed by atoms with E-state index in [-0.39, 0.29) is 24.0 Å². The largest absolute Gasteiger partial charge is 0.396 e. The predicted molar refractivity (Wildman–Crippen MR) is 73.1 cm³/mol. The maximum Gasteiger partial charge on any atom is 0.274 e. The number of aromatic nitrogens is 2. The highest BCUT2D eigenvalue weighted by molar-refractivity contribution is 5.92. The van der Waals surface area contributed by atoms with E-state index in [1.807, 2.05) is 17.7 Å². The zero-order valence-corrected chi connectivity index (χ0v) is 12.2. The molecule has 1 fully saturated rings. The number of aliphatic hydroxyl groups is 1. The van der Waals surface area contributed by atoms with Crippen LogP contribution in [0.4, 0.5) is 0 Å². The Balaban J connectivity index is 2.17. The van der Waals surface area contributed by atoms with Crippen LogP contribution < -0.4 is 0 Å². The number of rotatable bonds is 2. The van der Waals surface area contributed by atoms with Gasteiger partial charge >= 0.3 is 0 Å². The van der Waals surface area contributed by atoms with E-state index >= 15 is 0 Å². The van der Waals surface area contributed by atoms with E-state index in [2.05, 4.69) is 25.9 Å². The lowest BCUT2D eigenvalue weighted by atomic mass is 10.1. The molecule has 0 aliphatic carbocycles. The van der Waals surface area contributed by atoms with Gasteiger partial charge in [-0.05, 0) is 40.2 Å². The highest BCUT2D eigenvalue weighted by Crippen LogP contribution is 2.20. The smallest absolute Gasteiger partial charge is 0.274 e. The Hall–Kier alpha value is -1.36. The summed E-state index contributed by atoms with van der Waals surface area (Å²) in [7, 11) is 0. The SMILES string of the molecule is Cc1cc(C(=O)N2CCC(CO)C2)nn1C(C)(C)C. The lowest BCUT2D eigenvalue weighted by molar-refractivity contribution is 0.0774. The van der Waals surface area contributed by atoms with Crippen molar-refractivity contribution in [3.8, 4) is 0 Å². The fourth-order valence-electron chi connectivity index (χ4n) is 2.59. The monoisotopic (exact) mass is 265 g/mol. The molecule has 0 bridgehead atoms. The molecule has 19 heavy (non-hydrogen) atoms. The van der Waals surface area contributed by atoms with Gasteiger partial charge in [0, 0.05) is 31.3 Å². The van der Waals surface area contributed by atoms with Crippen molar-refractivity contribution in [2.45, 2.75) is 39.7 Å². The quantitative estimate of drug-likeness (QED) is 0.879. The Morgan fingerprint density at radius 1 is 1.53 bits per heavy atom. The average molecular weight is 265 g/mol. The first-order chi connectivity index (χ1) is 8.82. The van der Waals surface area contributed by atoms with Crippen molar-refractivity contribution in [3.63, 3.8) is 0 Å². The summed E-state index contributed by atoms with van der Waals surface area (Å²) in [5.41, 5.74) is 1.38. The fourth-order valence-corrected chi connectivity index (χ4v) is 2.59. The standard InChI is InChI=1S/C14H23N3O2/c1-10-7-12(15-17(10)14(2,3)4)13(19)16-6-5-11(8-16)9-18/h7,11,18H,5-6,8-9H2,1-4H3. The lowest BCUT2D eigenvalue weighted by Gasteiger charge is -2.21. The molecule has 1 unspecified atom stereocenters. The molecule has 106 valence electrons. The Bertz CT molecular complexity index is 474. The minimum Gasteiger partial charge on any atom is -0.396 e. The fraction of sp³-hybridized carbons (Fsp3) is 0.714. The normalized spacial score (nSPS) is 20.1. The Morgan fingerprint density at radius 2 is 2.21 bits per heavy atom. The van der Waals surface area contributed by atoms with E-state index in [0.717, 1.165) is 12.1 Å². The third-order valence-corrected chi connectivity index (χ3v) is 3.57. The number of nitrogens with zero attached hydrogens (tertiary/aromatic N) is 3. The highest BCUT2D eigenvalue weighted by atomic mass is 16.3. The number of aryl methyl sites for hydroxylation is 1. The van der Waals surface area contributed by atoms with Gasteiger partial charge in [-0.15, -0.1) is 0 Å². The first kappa shape index (κ1) is 14.1. The molecule has 1 N–H and O–H groups in total. The van der Waals surface area contributed by atoms with Gasteiger partial charge in [0.25, 0.3) is 5.91 Å². The van der Waals surface area contributed by atoms with Crippen molar-refractivity contribution in [1.29, 1.82) is 0 Å². The van der Waals surface area contributed by atoms with E-state index in [9.17, 15) is 4.79 Å². The average Bonchev–Trinajstić information content (AvgIpc) is 2.93. The highest BCUT2D eigenvalue weighted by Gasteiger charge is 2.29. The van der Waals surface area contributed by atoms with Crippen molar-refractivity contribution >= 4 is 5.91 Å². The van der Waals surface area contributed by atoms with E-state index < -0.39 is 0 Å². The molecule has 1 saturated heterocycles. The summed E-state index contributed by atoms with van der Waals surface area (Å²) in [5, 5.41) is 13.6. The number of hydrogen-bond donors (Lipinski definition) is 1. The number of carbonyl (C=O) groups is 1. The Kier molecular flexibility index (Phi) is 3.67. The summed E-state index contributed by atoms with van der Waals surface area (Å²) in [6.07, 6.45) is 0.876. The zero-order valence-electron chi connectivity index (χ0n) is 12.2.